The van der Waals surface area contributed by atoms with Crippen molar-refractivity contribution >= 4 is 11.6 Å². The highest BCUT2D eigenvalue weighted by atomic mass is 19.1. The number of aromatic nitrogens is 1. The first-order valence-corrected chi connectivity index (χ1v) is 6.22. The third-order valence-corrected chi connectivity index (χ3v) is 2.38. The minimum Gasteiger partial charge on any atom is -0.379 e. The first kappa shape index (κ1) is 15.6. The van der Waals surface area contributed by atoms with Crippen molar-refractivity contribution in [2.45, 2.75) is 32.8 Å². The minimum atomic E-state index is -0.823. The number of halogens is 2. The molecule has 1 heterocycles. The Morgan fingerprint density at radius 2 is 1.95 bits per heavy atom. The van der Waals surface area contributed by atoms with Gasteiger partial charge >= 0.3 is 0 Å². The third-order valence-electron chi connectivity index (χ3n) is 2.38. The lowest BCUT2D eigenvalue weighted by molar-refractivity contribution is 0.0765. The molecule has 0 unspecified atom stereocenters. The molecule has 1 aromatic rings. The normalized spacial score (nSPS) is 10.8. The Hall–Kier alpha value is -1.47. The molecule has 1 rings (SSSR count). The van der Waals surface area contributed by atoms with Gasteiger partial charge in [0.15, 0.2) is 23.3 Å². The molecule has 5 nitrogen and oxygen atoms in total. The lowest BCUT2D eigenvalue weighted by Crippen LogP contribution is -2.14. The highest BCUT2D eigenvalue weighted by molar-refractivity contribution is 5.46. The standard InChI is InChI=1S/C12H20F2N4O/c1-8(2)19-6-4-3-5-16-11-9(13)7-10(14)12(17-11)18-15/h7-8H,3-6,15H2,1-2H3,(H2,16,17,18). The molecule has 7 heteroatoms. The van der Waals surface area contributed by atoms with E-state index in [2.05, 4.69) is 15.7 Å². The number of nitrogens with zero attached hydrogens (tertiary/aromatic N) is 1. The molecule has 4 N–H and O–H groups in total. The van der Waals surface area contributed by atoms with Gasteiger partial charge in [0, 0.05) is 19.2 Å². The summed E-state index contributed by atoms with van der Waals surface area (Å²) in [6.45, 7) is 5.13. The zero-order valence-electron chi connectivity index (χ0n) is 11.2. The summed E-state index contributed by atoms with van der Waals surface area (Å²) < 4.78 is 31.9. The summed E-state index contributed by atoms with van der Waals surface area (Å²) in [6.07, 6.45) is 1.87. The van der Waals surface area contributed by atoms with Crippen LogP contribution < -0.4 is 16.6 Å². The van der Waals surface area contributed by atoms with Crippen molar-refractivity contribution in [3.05, 3.63) is 17.7 Å². The number of nitrogen functional groups attached to an aromatic ring is 1. The van der Waals surface area contributed by atoms with Gasteiger partial charge < -0.3 is 15.5 Å². The molecule has 0 aliphatic rings. The van der Waals surface area contributed by atoms with Gasteiger partial charge in [-0.25, -0.2) is 19.6 Å². The largest absolute Gasteiger partial charge is 0.379 e. The van der Waals surface area contributed by atoms with Crippen LogP contribution in [0.2, 0.25) is 0 Å². The van der Waals surface area contributed by atoms with E-state index in [1.54, 1.807) is 0 Å². The van der Waals surface area contributed by atoms with Gasteiger partial charge in [-0.05, 0) is 26.7 Å². The van der Waals surface area contributed by atoms with E-state index in [1.165, 1.54) is 0 Å². The molecule has 0 aromatic carbocycles. The molecule has 19 heavy (non-hydrogen) atoms. The van der Waals surface area contributed by atoms with Crippen LogP contribution in [-0.4, -0.2) is 24.2 Å². The number of rotatable bonds is 8. The van der Waals surface area contributed by atoms with E-state index in [0.717, 1.165) is 18.9 Å². The van der Waals surface area contributed by atoms with Gasteiger partial charge in [0.25, 0.3) is 0 Å². The molecule has 0 radical (unpaired) electrons. The summed E-state index contributed by atoms with van der Waals surface area (Å²) in [4.78, 5) is 3.71. The highest BCUT2D eigenvalue weighted by Crippen LogP contribution is 2.18. The van der Waals surface area contributed by atoms with E-state index in [1.807, 2.05) is 13.8 Å². The summed E-state index contributed by atoms with van der Waals surface area (Å²) in [6, 6.07) is 0.742. The second-order valence-corrected chi connectivity index (χ2v) is 4.35. The molecule has 0 amide bonds. The number of hydrogen-bond acceptors (Lipinski definition) is 5. The fraction of sp³-hybridized carbons (Fsp3) is 0.583. The van der Waals surface area contributed by atoms with Crippen LogP contribution in [0.4, 0.5) is 20.4 Å². The summed E-state index contributed by atoms with van der Waals surface area (Å²) in [5.74, 6) is 3.31. The Labute approximate surface area is 111 Å². The molecule has 0 atom stereocenters. The van der Waals surface area contributed by atoms with E-state index in [0.29, 0.717) is 13.2 Å². The summed E-state index contributed by atoms with van der Waals surface area (Å²) >= 11 is 0. The van der Waals surface area contributed by atoms with E-state index in [9.17, 15) is 8.78 Å². The fourth-order valence-electron chi connectivity index (χ4n) is 1.44. The van der Waals surface area contributed by atoms with Crippen LogP contribution in [0.15, 0.2) is 6.07 Å². The van der Waals surface area contributed by atoms with Crippen LogP contribution >= 0.6 is 0 Å². The number of nitrogens with two attached hydrogens (primary N) is 1. The van der Waals surface area contributed by atoms with Gasteiger partial charge in [0.2, 0.25) is 0 Å². The van der Waals surface area contributed by atoms with E-state index in [-0.39, 0.29) is 17.7 Å². The fourth-order valence-corrected chi connectivity index (χ4v) is 1.44. The Balaban J connectivity index is 2.37. The maximum absolute atomic E-state index is 13.4. The van der Waals surface area contributed by atoms with Crippen LogP contribution in [0.25, 0.3) is 0 Å². The van der Waals surface area contributed by atoms with Crippen molar-refractivity contribution in [3.8, 4) is 0 Å². The third kappa shape index (κ3) is 5.35. The zero-order valence-corrected chi connectivity index (χ0v) is 11.2. The predicted octanol–water partition coefficient (Wildman–Crippen LogP) is 2.26. The van der Waals surface area contributed by atoms with Crippen LogP contribution in [0.3, 0.4) is 0 Å². The Bertz CT molecular complexity index is 402. The van der Waals surface area contributed by atoms with Crippen LogP contribution in [0.1, 0.15) is 26.7 Å². The number of hydrazine groups is 1. The summed E-state index contributed by atoms with van der Waals surface area (Å²) in [5.41, 5.74) is 2.07. The Kier molecular flexibility index (Phi) is 6.44. The maximum Gasteiger partial charge on any atom is 0.178 e. The van der Waals surface area contributed by atoms with Gasteiger partial charge in [0.1, 0.15) is 0 Å². The van der Waals surface area contributed by atoms with Crippen molar-refractivity contribution in [1.29, 1.82) is 0 Å². The predicted molar refractivity (Wildman–Crippen MR) is 70.8 cm³/mol. The molecular formula is C12H20F2N4O. The molecular weight excluding hydrogens is 254 g/mol. The number of nitrogens with one attached hydrogen (secondary N) is 2. The lowest BCUT2D eigenvalue weighted by atomic mass is 10.3. The SMILES string of the molecule is CC(C)OCCCCNc1nc(NN)c(F)cc1F. The van der Waals surface area contributed by atoms with Gasteiger partial charge in [0.05, 0.1) is 6.10 Å². The van der Waals surface area contributed by atoms with Gasteiger partial charge in [-0.15, -0.1) is 0 Å². The first-order valence-electron chi connectivity index (χ1n) is 6.22. The molecule has 1 aromatic heterocycles. The smallest absolute Gasteiger partial charge is 0.178 e. The average molecular weight is 274 g/mol. The number of unbranched alkanes of at least 4 members (excludes halogenated alkanes) is 1. The van der Waals surface area contributed by atoms with Crippen LogP contribution in [0.5, 0.6) is 0 Å². The second-order valence-electron chi connectivity index (χ2n) is 4.35. The molecule has 108 valence electrons. The number of ether oxygens (including phenoxy) is 1. The molecule has 0 bridgehead atoms. The van der Waals surface area contributed by atoms with Crippen molar-refractivity contribution in [2.75, 3.05) is 23.9 Å². The van der Waals surface area contributed by atoms with E-state index >= 15 is 0 Å². The monoisotopic (exact) mass is 274 g/mol. The molecule has 0 saturated heterocycles. The molecule has 0 spiro atoms. The van der Waals surface area contributed by atoms with Gasteiger partial charge in [-0.2, -0.15) is 0 Å². The molecule has 0 aliphatic heterocycles. The van der Waals surface area contributed by atoms with E-state index in [4.69, 9.17) is 10.6 Å². The molecule has 0 aliphatic carbocycles. The maximum atomic E-state index is 13.4. The minimum absolute atomic E-state index is 0.0147. The second kappa shape index (κ2) is 7.85. The average Bonchev–Trinajstić information content (AvgIpc) is 2.35. The number of pyridine rings is 1. The van der Waals surface area contributed by atoms with E-state index < -0.39 is 11.6 Å². The molecule has 0 saturated carbocycles. The van der Waals surface area contributed by atoms with Crippen molar-refractivity contribution < 1.29 is 13.5 Å². The lowest BCUT2D eigenvalue weighted by Gasteiger charge is -2.10. The van der Waals surface area contributed by atoms with Crippen molar-refractivity contribution in [3.63, 3.8) is 0 Å². The highest BCUT2D eigenvalue weighted by Gasteiger charge is 2.10. The van der Waals surface area contributed by atoms with Crippen LogP contribution in [0, 0.1) is 11.6 Å². The number of anilines is 2. The molecule has 0 fully saturated rings. The topological polar surface area (TPSA) is 72.2 Å². The van der Waals surface area contributed by atoms with Gasteiger partial charge in [-0.3, -0.25) is 0 Å². The van der Waals surface area contributed by atoms with Crippen LogP contribution in [-0.2, 0) is 4.74 Å². The summed E-state index contributed by atoms with van der Waals surface area (Å²) in [7, 11) is 0. The van der Waals surface area contributed by atoms with Crippen molar-refractivity contribution in [1.82, 2.24) is 4.98 Å². The Morgan fingerprint density at radius 1 is 1.26 bits per heavy atom. The summed E-state index contributed by atoms with van der Waals surface area (Å²) in [5, 5.41) is 2.80. The van der Waals surface area contributed by atoms with Gasteiger partial charge in [-0.1, -0.05) is 0 Å². The zero-order chi connectivity index (χ0) is 14.3. The Morgan fingerprint density at radius 3 is 2.58 bits per heavy atom. The quantitative estimate of drug-likeness (QED) is 0.385. The first-order chi connectivity index (χ1) is 9.04. The number of hydrogen-bond donors (Lipinski definition) is 3. The van der Waals surface area contributed by atoms with Crippen molar-refractivity contribution in [2.24, 2.45) is 5.84 Å².